The topological polar surface area (TPSA) is 29.1 Å². The highest BCUT2D eigenvalue weighted by Gasteiger charge is 2.09. The Bertz CT molecular complexity index is 130. The van der Waals surface area contributed by atoms with Crippen LogP contribution in [0.25, 0.3) is 0 Å². The Balaban J connectivity index is 2.72. The summed E-state index contributed by atoms with van der Waals surface area (Å²) in [5.74, 6) is 0.125. The van der Waals surface area contributed by atoms with Crippen LogP contribution in [0.5, 0.6) is 0 Å². The number of carbonyl (C=O) groups excluding carboxylic acids is 1. The Morgan fingerprint density at radius 3 is 2.71 bits per heavy atom. The summed E-state index contributed by atoms with van der Waals surface area (Å²) >= 11 is 3.05. The zero-order chi connectivity index (χ0) is 5.28. The van der Waals surface area contributed by atoms with Crippen molar-refractivity contribution in [3.63, 3.8) is 0 Å². The number of halogens is 1. The lowest BCUT2D eigenvalue weighted by Gasteiger charge is -1.79. The van der Waals surface area contributed by atoms with Crippen LogP contribution in [0.1, 0.15) is 0 Å². The van der Waals surface area contributed by atoms with Gasteiger partial charge in [0.25, 0.3) is 0 Å². The number of hydrogen-bond acceptors (Lipinski definition) is 2. The van der Waals surface area contributed by atoms with Gasteiger partial charge in [-0.1, -0.05) is 0 Å². The van der Waals surface area contributed by atoms with Crippen molar-refractivity contribution >= 4 is 21.7 Å². The predicted molar refractivity (Wildman–Crippen MR) is 30.0 cm³/mol. The molecule has 0 saturated carbocycles. The van der Waals surface area contributed by atoms with E-state index in [0.717, 1.165) is 0 Å². The van der Waals surface area contributed by atoms with E-state index < -0.39 is 0 Å². The van der Waals surface area contributed by atoms with Crippen molar-refractivity contribution in [2.45, 2.75) is 0 Å². The van der Waals surface area contributed by atoms with E-state index in [1.54, 1.807) is 6.20 Å². The number of ketones is 1. The van der Waals surface area contributed by atoms with Gasteiger partial charge in [0.05, 0.1) is 11.0 Å². The Morgan fingerprint density at radius 1 is 1.86 bits per heavy atom. The third-order valence-corrected chi connectivity index (χ3v) is 1.43. The van der Waals surface area contributed by atoms with E-state index in [4.69, 9.17) is 0 Å². The Labute approximate surface area is 49.7 Å². The van der Waals surface area contributed by atoms with E-state index >= 15 is 0 Å². The maximum absolute atomic E-state index is 10.4. The molecule has 2 nitrogen and oxygen atoms in total. The summed E-state index contributed by atoms with van der Waals surface area (Å²) in [5.41, 5.74) is 0. The second-order valence-electron chi connectivity index (χ2n) is 1.30. The summed E-state index contributed by atoms with van der Waals surface area (Å²) in [7, 11) is 0. The van der Waals surface area contributed by atoms with Crippen LogP contribution in [0.15, 0.2) is 10.7 Å². The highest BCUT2D eigenvalue weighted by molar-refractivity contribution is 9.12. The zero-order valence-corrected chi connectivity index (χ0v) is 5.16. The quantitative estimate of drug-likeness (QED) is 0.558. The van der Waals surface area contributed by atoms with Gasteiger partial charge in [-0.15, -0.1) is 0 Å². The highest BCUT2D eigenvalue weighted by Crippen LogP contribution is 2.07. The summed E-state index contributed by atoms with van der Waals surface area (Å²) in [6.45, 7) is 0.445. The molecule has 0 bridgehead atoms. The standard InChI is InChI=1S/C4H4BrNO/c5-3-1-6-2-4(3)7/h1,6H,2H2. The molecule has 0 aliphatic carbocycles. The summed E-state index contributed by atoms with van der Waals surface area (Å²) in [6.07, 6.45) is 1.66. The van der Waals surface area contributed by atoms with Crippen LogP contribution in [0, 0.1) is 0 Å². The lowest BCUT2D eigenvalue weighted by molar-refractivity contribution is -0.113. The van der Waals surface area contributed by atoms with Crippen LogP contribution >= 0.6 is 15.9 Å². The number of hydrogen-bond donors (Lipinski definition) is 1. The second kappa shape index (κ2) is 1.66. The van der Waals surface area contributed by atoms with Crippen molar-refractivity contribution in [2.75, 3.05) is 6.54 Å². The Hall–Kier alpha value is -0.310. The van der Waals surface area contributed by atoms with Gasteiger partial charge in [0.2, 0.25) is 0 Å². The van der Waals surface area contributed by atoms with Crippen LogP contribution in [0.4, 0.5) is 0 Å². The van der Waals surface area contributed by atoms with Gasteiger partial charge in [0.1, 0.15) is 0 Å². The molecule has 1 aliphatic rings. The number of rotatable bonds is 0. The third kappa shape index (κ3) is 0.825. The molecule has 0 spiro atoms. The molecule has 0 aromatic carbocycles. The average molecular weight is 162 g/mol. The Morgan fingerprint density at radius 2 is 2.57 bits per heavy atom. The molecule has 0 amide bonds. The lowest BCUT2D eigenvalue weighted by Crippen LogP contribution is -2.07. The van der Waals surface area contributed by atoms with Crippen molar-refractivity contribution in [1.82, 2.24) is 5.32 Å². The van der Waals surface area contributed by atoms with E-state index in [0.29, 0.717) is 11.0 Å². The minimum absolute atomic E-state index is 0.125. The van der Waals surface area contributed by atoms with Gasteiger partial charge in [0, 0.05) is 6.20 Å². The number of Topliss-reactive ketones (excluding diaryl/α,β-unsaturated/α-hetero) is 1. The zero-order valence-electron chi connectivity index (χ0n) is 3.57. The van der Waals surface area contributed by atoms with Gasteiger partial charge < -0.3 is 5.32 Å². The fourth-order valence-corrected chi connectivity index (χ4v) is 0.700. The largest absolute Gasteiger partial charge is 0.382 e. The van der Waals surface area contributed by atoms with Crippen molar-refractivity contribution in [2.24, 2.45) is 0 Å². The molecule has 0 aromatic rings. The molecule has 1 rings (SSSR count). The molecule has 0 aromatic heterocycles. The van der Waals surface area contributed by atoms with Crippen LogP contribution in [0.2, 0.25) is 0 Å². The third-order valence-electron chi connectivity index (χ3n) is 0.758. The minimum Gasteiger partial charge on any atom is -0.382 e. The number of nitrogens with one attached hydrogen (secondary N) is 1. The first kappa shape index (κ1) is 4.84. The first-order valence-corrected chi connectivity index (χ1v) is 2.72. The van der Waals surface area contributed by atoms with Crippen molar-refractivity contribution in [3.05, 3.63) is 10.7 Å². The molecular formula is C4H4BrNO. The lowest BCUT2D eigenvalue weighted by atomic mass is 10.4. The normalized spacial score (nSPS) is 19.0. The molecule has 1 heterocycles. The van der Waals surface area contributed by atoms with Crippen LogP contribution in [0.3, 0.4) is 0 Å². The smallest absolute Gasteiger partial charge is 0.190 e. The van der Waals surface area contributed by atoms with Gasteiger partial charge >= 0.3 is 0 Å². The average Bonchev–Trinajstić information content (AvgIpc) is 1.91. The first-order chi connectivity index (χ1) is 3.30. The summed E-state index contributed by atoms with van der Waals surface area (Å²) in [5, 5.41) is 2.76. The maximum Gasteiger partial charge on any atom is 0.190 e. The molecular weight excluding hydrogens is 158 g/mol. The maximum atomic E-state index is 10.4. The van der Waals surface area contributed by atoms with Crippen molar-refractivity contribution < 1.29 is 4.79 Å². The van der Waals surface area contributed by atoms with Gasteiger partial charge in [-0.05, 0) is 15.9 Å². The van der Waals surface area contributed by atoms with Crippen LogP contribution in [-0.4, -0.2) is 12.3 Å². The van der Waals surface area contributed by atoms with Gasteiger partial charge in [-0.25, -0.2) is 0 Å². The molecule has 1 aliphatic heterocycles. The van der Waals surface area contributed by atoms with E-state index in [1.807, 2.05) is 0 Å². The summed E-state index contributed by atoms with van der Waals surface area (Å²) in [4.78, 5) is 10.4. The molecule has 1 N–H and O–H groups in total. The molecule has 38 valence electrons. The van der Waals surface area contributed by atoms with E-state index in [9.17, 15) is 4.79 Å². The van der Waals surface area contributed by atoms with Gasteiger partial charge in [-0.3, -0.25) is 4.79 Å². The number of carbonyl (C=O) groups is 1. The molecule has 0 saturated heterocycles. The molecule has 0 radical (unpaired) electrons. The van der Waals surface area contributed by atoms with E-state index in [-0.39, 0.29) is 5.78 Å². The first-order valence-electron chi connectivity index (χ1n) is 1.93. The summed E-state index contributed by atoms with van der Waals surface area (Å²) in [6, 6.07) is 0. The van der Waals surface area contributed by atoms with Gasteiger partial charge in [-0.2, -0.15) is 0 Å². The second-order valence-corrected chi connectivity index (χ2v) is 2.15. The van der Waals surface area contributed by atoms with Crippen molar-refractivity contribution in [1.29, 1.82) is 0 Å². The summed E-state index contributed by atoms with van der Waals surface area (Å²) < 4.78 is 0.646. The van der Waals surface area contributed by atoms with Crippen molar-refractivity contribution in [3.8, 4) is 0 Å². The van der Waals surface area contributed by atoms with E-state index in [2.05, 4.69) is 21.2 Å². The van der Waals surface area contributed by atoms with E-state index in [1.165, 1.54) is 0 Å². The van der Waals surface area contributed by atoms with Crippen LogP contribution in [-0.2, 0) is 4.79 Å². The molecule has 0 atom stereocenters. The Kier molecular flexibility index (Phi) is 1.15. The molecule has 0 fully saturated rings. The molecule has 7 heavy (non-hydrogen) atoms. The minimum atomic E-state index is 0.125. The molecule has 0 unspecified atom stereocenters. The predicted octanol–water partition coefficient (Wildman–Crippen LogP) is 0.395. The van der Waals surface area contributed by atoms with Gasteiger partial charge in [0.15, 0.2) is 5.78 Å². The monoisotopic (exact) mass is 161 g/mol. The SMILES string of the molecule is O=C1CNC=C1Br. The van der Waals surface area contributed by atoms with Crippen LogP contribution < -0.4 is 5.32 Å². The fraction of sp³-hybridized carbons (Fsp3) is 0.250. The fourth-order valence-electron chi connectivity index (χ4n) is 0.398. The highest BCUT2D eigenvalue weighted by atomic mass is 79.9. The molecule has 3 heteroatoms.